The molecule has 1 N–H and O–H groups in total. The first kappa shape index (κ1) is 17.4. The lowest BCUT2D eigenvalue weighted by molar-refractivity contribution is -0.146. The van der Waals surface area contributed by atoms with Gasteiger partial charge in [0.15, 0.2) is 0 Å². The summed E-state index contributed by atoms with van der Waals surface area (Å²) in [6.45, 7) is 12.0. The summed E-state index contributed by atoms with van der Waals surface area (Å²) >= 11 is 0. The summed E-state index contributed by atoms with van der Waals surface area (Å²) in [6, 6.07) is -0.249. The van der Waals surface area contributed by atoms with Gasteiger partial charge in [0.1, 0.15) is 6.04 Å². The van der Waals surface area contributed by atoms with Gasteiger partial charge in [-0.1, -0.05) is 20.8 Å². The molecule has 0 aliphatic heterocycles. The van der Waals surface area contributed by atoms with E-state index in [4.69, 9.17) is 9.47 Å². The molecule has 4 heteroatoms. The third kappa shape index (κ3) is 8.48. The van der Waals surface area contributed by atoms with Gasteiger partial charge < -0.3 is 14.8 Å². The molecule has 0 aromatic heterocycles. The smallest absolute Gasteiger partial charge is 0.323 e. The predicted molar refractivity (Wildman–Crippen MR) is 73.6 cm³/mol. The summed E-state index contributed by atoms with van der Waals surface area (Å²) in [5, 5.41) is 3.13. The van der Waals surface area contributed by atoms with Crippen LogP contribution in [0.25, 0.3) is 0 Å². The van der Waals surface area contributed by atoms with Crippen LogP contribution in [0.3, 0.4) is 0 Å². The molecule has 2 unspecified atom stereocenters. The second-order valence-corrected chi connectivity index (χ2v) is 4.96. The Morgan fingerprint density at radius 1 is 1.22 bits per heavy atom. The van der Waals surface area contributed by atoms with E-state index in [0.717, 1.165) is 13.0 Å². The largest absolute Gasteiger partial charge is 0.465 e. The van der Waals surface area contributed by atoms with Crippen molar-refractivity contribution in [3.8, 4) is 0 Å². The van der Waals surface area contributed by atoms with Crippen LogP contribution < -0.4 is 5.32 Å². The molecular formula is C14H29NO3. The molecule has 0 rings (SSSR count). The fraction of sp³-hybridized carbons (Fsp3) is 0.929. The molecule has 108 valence electrons. The lowest BCUT2D eigenvalue weighted by atomic mass is 10.1. The highest BCUT2D eigenvalue weighted by Crippen LogP contribution is 2.08. The zero-order valence-corrected chi connectivity index (χ0v) is 12.5. The molecule has 0 radical (unpaired) electrons. The molecule has 0 spiro atoms. The minimum Gasteiger partial charge on any atom is -0.465 e. The van der Waals surface area contributed by atoms with Gasteiger partial charge >= 0.3 is 5.97 Å². The first-order valence-corrected chi connectivity index (χ1v) is 7.02. The highest BCUT2D eigenvalue weighted by atomic mass is 16.5. The third-order valence-electron chi connectivity index (χ3n) is 2.63. The zero-order chi connectivity index (χ0) is 14.0. The summed E-state index contributed by atoms with van der Waals surface area (Å²) in [7, 11) is 0. The maximum Gasteiger partial charge on any atom is 0.323 e. The highest BCUT2D eigenvalue weighted by Gasteiger charge is 2.18. The number of hydrogen-bond acceptors (Lipinski definition) is 4. The number of likely N-dealkylation sites (N-methyl/N-ethyl adjacent to an activating group) is 1. The second-order valence-electron chi connectivity index (χ2n) is 4.96. The van der Waals surface area contributed by atoms with Crippen LogP contribution in [-0.2, 0) is 14.3 Å². The van der Waals surface area contributed by atoms with Crippen LogP contribution in [0.5, 0.6) is 0 Å². The SMILES string of the molecule is CCNC(CCOC(C)CC(C)C)C(=O)OCC. The minimum absolute atomic E-state index is 0.181. The van der Waals surface area contributed by atoms with Crippen molar-refractivity contribution in [2.75, 3.05) is 19.8 Å². The number of rotatable bonds is 10. The van der Waals surface area contributed by atoms with Crippen molar-refractivity contribution >= 4 is 5.97 Å². The van der Waals surface area contributed by atoms with Crippen LogP contribution in [0, 0.1) is 5.92 Å². The summed E-state index contributed by atoms with van der Waals surface area (Å²) in [5.74, 6) is 0.453. The van der Waals surface area contributed by atoms with Crippen LogP contribution in [0.4, 0.5) is 0 Å². The van der Waals surface area contributed by atoms with Gasteiger partial charge in [-0.2, -0.15) is 0 Å². The van der Waals surface area contributed by atoms with Crippen molar-refractivity contribution in [1.82, 2.24) is 5.32 Å². The topological polar surface area (TPSA) is 47.6 Å². The lowest BCUT2D eigenvalue weighted by Gasteiger charge is -2.19. The van der Waals surface area contributed by atoms with Gasteiger partial charge in [-0.25, -0.2) is 0 Å². The molecule has 0 aliphatic carbocycles. The molecule has 0 bridgehead atoms. The molecule has 0 saturated heterocycles. The Hall–Kier alpha value is -0.610. The molecule has 18 heavy (non-hydrogen) atoms. The number of nitrogens with one attached hydrogen (secondary N) is 1. The second kappa shape index (κ2) is 10.3. The van der Waals surface area contributed by atoms with E-state index in [1.807, 2.05) is 13.8 Å². The van der Waals surface area contributed by atoms with E-state index in [2.05, 4.69) is 26.1 Å². The van der Waals surface area contributed by atoms with Gasteiger partial charge in [-0.05, 0) is 39.2 Å². The van der Waals surface area contributed by atoms with Gasteiger partial charge in [-0.3, -0.25) is 4.79 Å². The fourth-order valence-corrected chi connectivity index (χ4v) is 1.91. The van der Waals surface area contributed by atoms with Gasteiger partial charge in [0, 0.05) is 6.61 Å². The van der Waals surface area contributed by atoms with Crippen molar-refractivity contribution < 1.29 is 14.3 Å². The Kier molecular flexibility index (Phi) is 9.98. The quantitative estimate of drug-likeness (QED) is 0.612. The maximum absolute atomic E-state index is 11.6. The van der Waals surface area contributed by atoms with Crippen molar-refractivity contribution in [2.24, 2.45) is 5.92 Å². The molecule has 0 saturated carbocycles. The van der Waals surface area contributed by atoms with Crippen LogP contribution in [0.2, 0.25) is 0 Å². The average Bonchev–Trinajstić information content (AvgIpc) is 2.27. The van der Waals surface area contributed by atoms with Crippen LogP contribution in [-0.4, -0.2) is 37.9 Å². The molecule has 0 heterocycles. The van der Waals surface area contributed by atoms with E-state index in [1.165, 1.54) is 0 Å². The van der Waals surface area contributed by atoms with Crippen molar-refractivity contribution in [2.45, 2.75) is 59.6 Å². The van der Waals surface area contributed by atoms with E-state index >= 15 is 0 Å². The van der Waals surface area contributed by atoms with Gasteiger partial charge in [0.25, 0.3) is 0 Å². The first-order valence-electron chi connectivity index (χ1n) is 7.02. The molecule has 0 fully saturated rings. The Bertz CT molecular complexity index is 219. The number of carbonyl (C=O) groups excluding carboxylic acids is 1. The highest BCUT2D eigenvalue weighted by molar-refractivity contribution is 5.75. The van der Waals surface area contributed by atoms with Crippen LogP contribution in [0.15, 0.2) is 0 Å². The molecule has 0 aromatic carbocycles. The summed E-state index contributed by atoms with van der Waals surface area (Å²) in [5.41, 5.74) is 0. The van der Waals surface area contributed by atoms with Crippen LogP contribution >= 0.6 is 0 Å². The molecule has 2 atom stereocenters. The zero-order valence-electron chi connectivity index (χ0n) is 12.5. The molecule has 4 nitrogen and oxygen atoms in total. The van der Waals surface area contributed by atoms with Crippen molar-refractivity contribution in [3.63, 3.8) is 0 Å². The molecule has 0 aliphatic rings. The van der Waals surface area contributed by atoms with E-state index < -0.39 is 0 Å². The monoisotopic (exact) mass is 259 g/mol. The number of esters is 1. The number of ether oxygens (including phenoxy) is 2. The summed E-state index contributed by atoms with van der Waals surface area (Å²) in [6.07, 6.45) is 1.95. The number of hydrogen-bond donors (Lipinski definition) is 1. The van der Waals surface area contributed by atoms with E-state index in [-0.39, 0.29) is 18.1 Å². The van der Waals surface area contributed by atoms with E-state index in [0.29, 0.717) is 25.6 Å². The minimum atomic E-state index is -0.249. The van der Waals surface area contributed by atoms with E-state index in [1.54, 1.807) is 0 Å². The average molecular weight is 259 g/mol. The first-order chi connectivity index (χ1) is 8.51. The fourth-order valence-electron chi connectivity index (χ4n) is 1.91. The third-order valence-corrected chi connectivity index (χ3v) is 2.63. The van der Waals surface area contributed by atoms with Gasteiger partial charge in [-0.15, -0.1) is 0 Å². The maximum atomic E-state index is 11.6. The molecule has 0 aromatic rings. The summed E-state index contributed by atoms with van der Waals surface area (Å²) in [4.78, 5) is 11.6. The Morgan fingerprint density at radius 2 is 1.89 bits per heavy atom. The van der Waals surface area contributed by atoms with Crippen molar-refractivity contribution in [1.29, 1.82) is 0 Å². The standard InChI is InChI=1S/C14H29NO3/c1-6-15-13(14(16)17-7-2)8-9-18-12(5)10-11(3)4/h11-13,15H,6-10H2,1-5H3. The Balaban J connectivity index is 3.92. The van der Waals surface area contributed by atoms with Crippen molar-refractivity contribution in [3.05, 3.63) is 0 Å². The van der Waals surface area contributed by atoms with Gasteiger partial charge in [0.05, 0.1) is 12.7 Å². The molecule has 0 amide bonds. The normalized spacial score (nSPS) is 14.6. The van der Waals surface area contributed by atoms with Crippen LogP contribution in [0.1, 0.15) is 47.5 Å². The molecular weight excluding hydrogens is 230 g/mol. The Labute approximate surface area is 111 Å². The van der Waals surface area contributed by atoms with Gasteiger partial charge in [0.2, 0.25) is 0 Å². The summed E-state index contributed by atoms with van der Waals surface area (Å²) < 4.78 is 10.7. The predicted octanol–water partition coefficient (Wildman–Crippen LogP) is 2.37. The number of carbonyl (C=O) groups is 1. The van der Waals surface area contributed by atoms with E-state index in [9.17, 15) is 4.79 Å². The lowest BCUT2D eigenvalue weighted by Crippen LogP contribution is -2.39. The Morgan fingerprint density at radius 3 is 2.39 bits per heavy atom.